The fourth-order valence-electron chi connectivity index (χ4n) is 3.86. The van der Waals surface area contributed by atoms with Crippen LogP contribution in [0.2, 0.25) is 5.02 Å². The van der Waals surface area contributed by atoms with Gasteiger partial charge in [-0.05, 0) is 60.2 Å². The topological polar surface area (TPSA) is 97.0 Å². The standard InChI is InChI=1S/C27H25BrClN3O5/c1-36-21-7-2-17(3-8-21)14-30-27(35)18-12-26(34)32(15-18)20-5-9-22(10-6-20)37-16-25(33)31-24-11-4-19(28)13-23(24)29/h2-11,13,18H,12,14-16H2,1H3,(H,30,35)(H,31,33)/t18-/m0/s1. The number of nitrogens with zero attached hydrogens (tertiary/aromatic N) is 1. The summed E-state index contributed by atoms with van der Waals surface area (Å²) in [7, 11) is 1.60. The lowest BCUT2D eigenvalue weighted by atomic mass is 10.1. The molecule has 2 N–H and O–H groups in total. The highest BCUT2D eigenvalue weighted by Gasteiger charge is 2.35. The first-order valence-corrected chi connectivity index (χ1v) is 12.7. The molecule has 0 unspecified atom stereocenters. The Bertz CT molecular complexity index is 1280. The zero-order valence-electron chi connectivity index (χ0n) is 20.0. The molecular formula is C27H25BrClN3O5. The van der Waals surface area contributed by atoms with Crippen LogP contribution in [0.4, 0.5) is 11.4 Å². The Balaban J connectivity index is 1.26. The van der Waals surface area contributed by atoms with Gasteiger partial charge in [0.05, 0.1) is 23.7 Å². The summed E-state index contributed by atoms with van der Waals surface area (Å²) in [5, 5.41) is 6.01. The summed E-state index contributed by atoms with van der Waals surface area (Å²) >= 11 is 9.44. The molecule has 1 fully saturated rings. The molecule has 0 bridgehead atoms. The Kier molecular flexibility index (Phi) is 8.68. The molecule has 3 aromatic rings. The average Bonchev–Trinajstić information content (AvgIpc) is 3.30. The summed E-state index contributed by atoms with van der Waals surface area (Å²) in [5.74, 6) is 0.147. The van der Waals surface area contributed by atoms with E-state index in [0.29, 0.717) is 35.2 Å². The first-order chi connectivity index (χ1) is 17.8. The number of anilines is 2. The maximum Gasteiger partial charge on any atom is 0.262 e. The molecule has 1 atom stereocenters. The number of benzene rings is 3. The molecule has 1 aliphatic heterocycles. The molecular weight excluding hydrogens is 562 g/mol. The molecule has 3 amide bonds. The molecule has 3 aromatic carbocycles. The minimum atomic E-state index is -0.434. The molecule has 0 aromatic heterocycles. The minimum Gasteiger partial charge on any atom is -0.497 e. The van der Waals surface area contributed by atoms with Gasteiger partial charge in [-0.2, -0.15) is 0 Å². The van der Waals surface area contributed by atoms with Crippen molar-refractivity contribution in [2.45, 2.75) is 13.0 Å². The fraction of sp³-hybridized carbons (Fsp3) is 0.222. The van der Waals surface area contributed by atoms with Crippen LogP contribution < -0.4 is 25.0 Å². The molecule has 192 valence electrons. The Hall–Kier alpha value is -3.56. The normalized spacial score (nSPS) is 14.8. The molecule has 1 saturated heterocycles. The van der Waals surface area contributed by atoms with Crippen molar-refractivity contribution in [3.05, 3.63) is 81.8 Å². The summed E-state index contributed by atoms with van der Waals surface area (Å²) < 4.78 is 11.5. The molecule has 1 heterocycles. The second kappa shape index (κ2) is 12.1. The molecule has 0 radical (unpaired) electrons. The maximum atomic E-state index is 12.7. The third-order valence-electron chi connectivity index (χ3n) is 5.85. The van der Waals surface area contributed by atoms with Gasteiger partial charge in [0.25, 0.3) is 5.91 Å². The van der Waals surface area contributed by atoms with E-state index in [-0.39, 0.29) is 30.7 Å². The fourth-order valence-corrected chi connectivity index (χ4v) is 4.58. The van der Waals surface area contributed by atoms with Crippen LogP contribution in [-0.2, 0) is 20.9 Å². The van der Waals surface area contributed by atoms with Crippen molar-refractivity contribution < 1.29 is 23.9 Å². The molecule has 0 spiro atoms. The van der Waals surface area contributed by atoms with E-state index in [9.17, 15) is 14.4 Å². The van der Waals surface area contributed by atoms with Crippen molar-refractivity contribution in [2.75, 3.05) is 30.5 Å². The second-order valence-corrected chi connectivity index (χ2v) is 9.75. The summed E-state index contributed by atoms with van der Waals surface area (Å²) in [4.78, 5) is 39.0. The minimum absolute atomic E-state index is 0.121. The number of rotatable bonds is 9. The Morgan fingerprint density at radius 1 is 1.05 bits per heavy atom. The van der Waals surface area contributed by atoms with Crippen LogP contribution in [-0.4, -0.2) is 38.0 Å². The number of methoxy groups -OCH3 is 1. The van der Waals surface area contributed by atoms with E-state index in [1.54, 1.807) is 54.5 Å². The van der Waals surface area contributed by atoms with Gasteiger partial charge in [-0.25, -0.2) is 0 Å². The van der Waals surface area contributed by atoms with Crippen LogP contribution >= 0.6 is 27.5 Å². The number of hydrogen-bond acceptors (Lipinski definition) is 5. The van der Waals surface area contributed by atoms with Gasteiger partial charge in [0.2, 0.25) is 11.8 Å². The summed E-state index contributed by atoms with van der Waals surface area (Å²) in [6.07, 6.45) is 0.144. The van der Waals surface area contributed by atoms with E-state index in [2.05, 4.69) is 26.6 Å². The van der Waals surface area contributed by atoms with Gasteiger partial charge in [-0.15, -0.1) is 0 Å². The molecule has 1 aliphatic rings. The monoisotopic (exact) mass is 585 g/mol. The predicted octanol–water partition coefficient (Wildman–Crippen LogP) is 4.80. The quantitative estimate of drug-likeness (QED) is 0.376. The molecule has 8 nitrogen and oxygen atoms in total. The SMILES string of the molecule is COc1ccc(CNC(=O)[C@H]2CC(=O)N(c3ccc(OCC(=O)Nc4ccc(Br)cc4Cl)cc3)C2)cc1. The Morgan fingerprint density at radius 2 is 1.76 bits per heavy atom. The lowest BCUT2D eigenvalue weighted by Crippen LogP contribution is -2.32. The Labute approximate surface area is 228 Å². The number of amides is 3. The van der Waals surface area contributed by atoms with Gasteiger partial charge in [0.15, 0.2) is 6.61 Å². The van der Waals surface area contributed by atoms with Crippen molar-refractivity contribution in [3.8, 4) is 11.5 Å². The van der Waals surface area contributed by atoms with Crippen LogP contribution in [0.5, 0.6) is 11.5 Å². The third kappa shape index (κ3) is 7.02. The molecule has 10 heteroatoms. The van der Waals surface area contributed by atoms with Crippen molar-refractivity contribution >= 4 is 56.6 Å². The lowest BCUT2D eigenvalue weighted by Gasteiger charge is -2.17. The van der Waals surface area contributed by atoms with E-state index < -0.39 is 5.92 Å². The molecule has 37 heavy (non-hydrogen) atoms. The third-order valence-corrected chi connectivity index (χ3v) is 6.65. The van der Waals surface area contributed by atoms with E-state index in [1.807, 2.05) is 24.3 Å². The van der Waals surface area contributed by atoms with Crippen LogP contribution in [0.25, 0.3) is 0 Å². The number of ether oxygens (including phenoxy) is 2. The van der Waals surface area contributed by atoms with E-state index >= 15 is 0 Å². The molecule has 0 saturated carbocycles. The smallest absolute Gasteiger partial charge is 0.262 e. The zero-order chi connectivity index (χ0) is 26.4. The number of halogens is 2. The number of hydrogen-bond donors (Lipinski definition) is 2. The highest BCUT2D eigenvalue weighted by atomic mass is 79.9. The number of carbonyl (C=O) groups excluding carboxylic acids is 3. The van der Waals surface area contributed by atoms with Gasteiger partial charge >= 0.3 is 0 Å². The largest absolute Gasteiger partial charge is 0.497 e. The van der Waals surface area contributed by atoms with Gasteiger partial charge in [-0.1, -0.05) is 39.7 Å². The van der Waals surface area contributed by atoms with Crippen LogP contribution in [0, 0.1) is 5.92 Å². The van der Waals surface area contributed by atoms with Gasteiger partial charge in [0, 0.05) is 29.7 Å². The van der Waals surface area contributed by atoms with Gasteiger partial charge in [0.1, 0.15) is 11.5 Å². The van der Waals surface area contributed by atoms with E-state index in [4.69, 9.17) is 21.1 Å². The first-order valence-electron chi connectivity index (χ1n) is 11.5. The van der Waals surface area contributed by atoms with Crippen molar-refractivity contribution in [3.63, 3.8) is 0 Å². The van der Waals surface area contributed by atoms with Crippen molar-refractivity contribution in [1.29, 1.82) is 0 Å². The second-order valence-electron chi connectivity index (χ2n) is 8.43. The first kappa shape index (κ1) is 26.5. The predicted molar refractivity (Wildman–Crippen MR) is 145 cm³/mol. The average molecular weight is 587 g/mol. The highest BCUT2D eigenvalue weighted by Crippen LogP contribution is 2.28. The Morgan fingerprint density at radius 3 is 2.43 bits per heavy atom. The van der Waals surface area contributed by atoms with Crippen molar-refractivity contribution in [1.82, 2.24) is 5.32 Å². The van der Waals surface area contributed by atoms with Gasteiger partial charge in [-0.3, -0.25) is 14.4 Å². The lowest BCUT2D eigenvalue weighted by molar-refractivity contribution is -0.126. The number of carbonyl (C=O) groups is 3. The van der Waals surface area contributed by atoms with Crippen LogP contribution in [0.3, 0.4) is 0 Å². The zero-order valence-corrected chi connectivity index (χ0v) is 22.3. The molecule has 4 rings (SSSR count). The van der Waals surface area contributed by atoms with Crippen LogP contribution in [0.1, 0.15) is 12.0 Å². The summed E-state index contributed by atoms with van der Waals surface area (Å²) in [6.45, 7) is 0.468. The van der Waals surface area contributed by atoms with E-state index in [0.717, 1.165) is 15.8 Å². The maximum absolute atomic E-state index is 12.7. The van der Waals surface area contributed by atoms with Crippen LogP contribution in [0.15, 0.2) is 71.2 Å². The van der Waals surface area contributed by atoms with Crippen molar-refractivity contribution in [2.24, 2.45) is 5.92 Å². The van der Waals surface area contributed by atoms with Gasteiger partial charge < -0.3 is 25.0 Å². The summed E-state index contributed by atoms with van der Waals surface area (Å²) in [5.41, 5.74) is 2.09. The molecule has 0 aliphatic carbocycles. The summed E-state index contributed by atoms with van der Waals surface area (Å²) in [6, 6.07) is 19.4. The number of nitrogens with one attached hydrogen (secondary N) is 2. The highest BCUT2D eigenvalue weighted by molar-refractivity contribution is 9.10. The van der Waals surface area contributed by atoms with E-state index in [1.165, 1.54) is 0 Å².